The molecule has 0 spiro atoms. The van der Waals surface area contributed by atoms with Gasteiger partial charge in [0.05, 0.1) is 11.9 Å². The van der Waals surface area contributed by atoms with Crippen LogP contribution in [0.2, 0.25) is 0 Å². The summed E-state index contributed by atoms with van der Waals surface area (Å²) < 4.78 is 1.65. The number of carbonyl (C=O) groups excluding carboxylic acids is 1. The van der Waals surface area contributed by atoms with Gasteiger partial charge in [-0.3, -0.25) is 9.48 Å². The topological polar surface area (TPSA) is 64.2 Å². The molecule has 0 unspecified atom stereocenters. The predicted molar refractivity (Wildman–Crippen MR) is 72.3 cm³/mol. The van der Waals surface area contributed by atoms with E-state index in [0.717, 1.165) is 0 Å². The molecule has 1 aromatic heterocycles. The van der Waals surface area contributed by atoms with Gasteiger partial charge >= 0.3 is 0 Å². The number of rotatable bonds is 2. The lowest BCUT2D eigenvalue weighted by molar-refractivity contribution is 0.0740. The Morgan fingerprint density at radius 2 is 1.95 bits per heavy atom. The number of aryl methyl sites for hydroxylation is 1. The number of anilines is 1. The number of nitrogens with zero attached hydrogens (tertiary/aromatic N) is 3. The molecule has 0 saturated carbocycles. The van der Waals surface area contributed by atoms with Crippen LogP contribution in [0.3, 0.4) is 0 Å². The zero-order valence-corrected chi connectivity index (χ0v) is 10.8. The van der Waals surface area contributed by atoms with Crippen LogP contribution in [-0.2, 0) is 19.6 Å². The van der Waals surface area contributed by atoms with E-state index in [9.17, 15) is 4.79 Å². The number of hydrogen-bond acceptors (Lipinski definition) is 3. The van der Waals surface area contributed by atoms with Crippen molar-refractivity contribution in [3.63, 3.8) is 0 Å². The smallest absolute Gasteiger partial charge is 0.274 e. The number of nitrogens with two attached hydrogens (primary N) is 1. The molecule has 2 N–H and O–H groups in total. The maximum absolute atomic E-state index is 12.6. The fourth-order valence-electron chi connectivity index (χ4n) is 2.50. The normalized spacial score (nSPS) is 13.6. The van der Waals surface area contributed by atoms with Gasteiger partial charge in [0, 0.05) is 19.6 Å². The van der Waals surface area contributed by atoms with Gasteiger partial charge in [0.25, 0.3) is 5.91 Å². The first-order valence-electron chi connectivity index (χ1n) is 6.38. The van der Waals surface area contributed by atoms with Gasteiger partial charge in [0.2, 0.25) is 0 Å². The average Bonchev–Trinajstić information content (AvgIpc) is 3.01. The zero-order valence-electron chi connectivity index (χ0n) is 10.8. The van der Waals surface area contributed by atoms with Gasteiger partial charge in [-0.15, -0.1) is 0 Å². The molecule has 0 bridgehead atoms. The van der Waals surface area contributed by atoms with Gasteiger partial charge in [-0.25, -0.2) is 0 Å². The minimum atomic E-state index is -0.0481. The number of amides is 1. The van der Waals surface area contributed by atoms with Crippen LogP contribution in [0.4, 0.5) is 5.69 Å². The van der Waals surface area contributed by atoms with E-state index in [4.69, 9.17) is 5.73 Å². The second-order valence-electron chi connectivity index (χ2n) is 4.69. The quantitative estimate of drug-likeness (QED) is 0.888. The van der Waals surface area contributed by atoms with Gasteiger partial charge in [-0.05, 0) is 18.1 Å². The van der Waals surface area contributed by atoms with Gasteiger partial charge in [-0.2, -0.15) is 5.10 Å². The Bertz CT molecular complexity index is 607. The van der Waals surface area contributed by atoms with Gasteiger partial charge in [0.15, 0.2) is 0 Å². The SMILES string of the molecule is CCn1ncc(N)c1C(=O)N1Cc2ccccc2C1. The Balaban J connectivity index is 1.89. The third-order valence-corrected chi connectivity index (χ3v) is 3.50. The monoisotopic (exact) mass is 256 g/mol. The summed E-state index contributed by atoms with van der Waals surface area (Å²) in [5.74, 6) is -0.0481. The van der Waals surface area contributed by atoms with Crippen LogP contribution >= 0.6 is 0 Å². The average molecular weight is 256 g/mol. The maximum Gasteiger partial charge on any atom is 0.274 e. The minimum absolute atomic E-state index is 0.0481. The van der Waals surface area contributed by atoms with E-state index in [0.29, 0.717) is 31.0 Å². The molecule has 0 saturated heterocycles. The Morgan fingerprint density at radius 3 is 2.53 bits per heavy atom. The summed E-state index contributed by atoms with van der Waals surface area (Å²) in [6.45, 7) is 3.87. The van der Waals surface area contributed by atoms with Crippen LogP contribution in [0.25, 0.3) is 0 Å². The van der Waals surface area contributed by atoms with Gasteiger partial charge in [-0.1, -0.05) is 24.3 Å². The molecule has 2 heterocycles. The number of fused-ring (bicyclic) bond motifs is 1. The van der Waals surface area contributed by atoms with E-state index in [-0.39, 0.29) is 5.91 Å². The van der Waals surface area contributed by atoms with E-state index < -0.39 is 0 Å². The first-order chi connectivity index (χ1) is 9.20. The maximum atomic E-state index is 12.6. The number of carbonyl (C=O) groups is 1. The van der Waals surface area contributed by atoms with Crippen molar-refractivity contribution in [1.29, 1.82) is 0 Å². The van der Waals surface area contributed by atoms with Crippen molar-refractivity contribution in [3.8, 4) is 0 Å². The van der Waals surface area contributed by atoms with Crippen molar-refractivity contribution in [1.82, 2.24) is 14.7 Å². The molecular weight excluding hydrogens is 240 g/mol. The van der Waals surface area contributed by atoms with E-state index in [1.165, 1.54) is 11.1 Å². The van der Waals surface area contributed by atoms with E-state index in [1.807, 2.05) is 24.0 Å². The molecular formula is C14H16N4O. The number of nitrogen functional groups attached to an aromatic ring is 1. The molecule has 19 heavy (non-hydrogen) atoms. The summed E-state index contributed by atoms with van der Waals surface area (Å²) in [6, 6.07) is 8.11. The van der Waals surface area contributed by atoms with Crippen molar-refractivity contribution in [2.45, 2.75) is 26.6 Å². The van der Waals surface area contributed by atoms with Gasteiger partial charge in [0.1, 0.15) is 5.69 Å². The van der Waals surface area contributed by atoms with Crippen molar-refractivity contribution in [3.05, 3.63) is 47.3 Å². The molecule has 98 valence electrons. The fraction of sp³-hybridized carbons (Fsp3) is 0.286. The Morgan fingerprint density at radius 1 is 1.32 bits per heavy atom. The molecule has 0 aliphatic carbocycles. The lowest BCUT2D eigenvalue weighted by Crippen LogP contribution is -2.28. The van der Waals surface area contributed by atoms with Crippen LogP contribution in [0.5, 0.6) is 0 Å². The van der Waals surface area contributed by atoms with Gasteiger partial charge < -0.3 is 10.6 Å². The van der Waals surface area contributed by atoms with Crippen LogP contribution in [0.1, 0.15) is 28.5 Å². The van der Waals surface area contributed by atoms with Crippen LogP contribution in [0.15, 0.2) is 30.5 Å². The molecule has 5 heteroatoms. The highest BCUT2D eigenvalue weighted by atomic mass is 16.2. The Labute approximate surface area is 111 Å². The summed E-state index contributed by atoms with van der Waals surface area (Å²) in [6.07, 6.45) is 1.54. The molecule has 0 radical (unpaired) electrons. The highest BCUT2D eigenvalue weighted by molar-refractivity contribution is 5.97. The van der Waals surface area contributed by atoms with Crippen molar-refractivity contribution >= 4 is 11.6 Å². The molecule has 1 amide bonds. The van der Waals surface area contributed by atoms with Crippen molar-refractivity contribution in [2.75, 3.05) is 5.73 Å². The second kappa shape index (κ2) is 4.42. The predicted octanol–water partition coefficient (Wildman–Crippen LogP) is 1.64. The molecule has 2 aromatic rings. The van der Waals surface area contributed by atoms with Crippen LogP contribution in [-0.4, -0.2) is 20.6 Å². The first-order valence-corrected chi connectivity index (χ1v) is 6.38. The molecule has 1 aromatic carbocycles. The summed E-state index contributed by atoms with van der Waals surface area (Å²) >= 11 is 0. The van der Waals surface area contributed by atoms with E-state index in [2.05, 4.69) is 17.2 Å². The molecule has 0 fully saturated rings. The third-order valence-electron chi connectivity index (χ3n) is 3.50. The summed E-state index contributed by atoms with van der Waals surface area (Å²) in [5.41, 5.74) is 9.21. The fourth-order valence-corrected chi connectivity index (χ4v) is 2.50. The lowest BCUT2D eigenvalue weighted by atomic mass is 10.1. The number of hydrogen-bond donors (Lipinski definition) is 1. The van der Waals surface area contributed by atoms with Crippen molar-refractivity contribution < 1.29 is 4.79 Å². The third kappa shape index (κ3) is 1.87. The van der Waals surface area contributed by atoms with E-state index >= 15 is 0 Å². The highest BCUT2D eigenvalue weighted by Crippen LogP contribution is 2.25. The van der Waals surface area contributed by atoms with Crippen molar-refractivity contribution in [2.24, 2.45) is 0 Å². The largest absolute Gasteiger partial charge is 0.396 e. The summed E-state index contributed by atoms with van der Waals surface area (Å²) in [5, 5.41) is 4.12. The molecule has 0 atom stereocenters. The minimum Gasteiger partial charge on any atom is -0.396 e. The number of aromatic nitrogens is 2. The van der Waals surface area contributed by atoms with Crippen LogP contribution in [0, 0.1) is 0 Å². The van der Waals surface area contributed by atoms with Crippen LogP contribution < -0.4 is 5.73 Å². The standard InChI is InChI=1S/C14H16N4O/c1-2-18-13(12(15)7-16-18)14(19)17-8-10-5-3-4-6-11(10)9-17/h3-7H,2,8-9,15H2,1H3. The molecule has 1 aliphatic rings. The molecule has 5 nitrogen and oxygen atoms in total. The Kier molecular flexibility index (Phi) is 2.74. The van der Waals surface area contributed by atoms with E-state index in [1.54, 1.807) is 10.9 Å². The molecule has 1 aliphatic heterocycles. The summed E-state index contributed by atoms with van der Waals surface area (Å²) in [4.78, 5) is 14.4. The summed E-state index contributed by atoms with van der Waals surface area (Å²) in [7, 11) is 0. The Hall–Kier alpha value is -2.30. The highest BCUT2D eigenvalue weighted by Gasteiger charge is 2.27. The lowest BCUT2D eigenvalue weighted by Gasteiger charge is -2.16. The number of benzene rings is 1. The molecule has 3 rings (SSSR count). The second-order valence-corrected chi connectivity index (χ2v) is 4.69. The zero-order chi connectivity index (χ0) is 13.4. The first kappa shape index (κ1) is 11.8.